The van der Waals surface area contributed by atoms with Gasteiger partial charge >= 0.3 is 0 Å². The summed E-state index contributed by atoms with van der Waals surface area (Å²) in [5.41, 5.74) is 3.08. The summed E-state index contributed by atoms with van der Waals surface area (Å²) in [4.78, 5) is 28.7. The molecule has 25 heavy (non-hydrogen) atoms. The summed E-state index contributed by atoms with van der Waals surface area (Å²) in [5, 5.41) is 3.91. The van der Waals surface area contributed by atoms with Crippen LogP contribution in [-0.2, 0) is 4.79 Å². The molecule has 0 atom stereocenters. The highest BCUT2D eigenvalue weighted by Gasteiger charge is 2.15. The Kier molecular flexibility index (Phi) is 5.11. The third-order valence-electron chi connectivity index (χ3n) is 3.65. The Morgan fingerprint density at radius 2 is 2.00 bits per heavy atom. The van der Waals surface area contributed by atoms with Crippen molar-refractivity contribution in [3.05, 3.63) is 53.1 Å². The molecule has 3 rings (SSSR count). The summed E-state index contributed by atoms with van der Waals surface area (Å²) in [6.07, 6.45) is 0. The number of fused-ring (bicyclic) bond motifs is 1. The van der Waals surface area contributed by atoms with Crippen molar-refractivity contribution in [1.29, 1.82) is 0 Å². The van der Waals surface area contributed by atoms with E-state index < -0.39 is 0 Å². The summed E-state index contributed by atoms with van der Waals surface area (Å²) in [6.45, 7) is 3.38. The van der Waals surface area contributed by atoms with Gasteiger partial charge in [0.15, 0.2) is 5.16 Å². The molecule has 3 aromatic rings. The molecule has 1 N–H and O–H groups in total. The highest BCUT2D eigenvalue weighted by molar-refractivity contribution is 7.99. The van der Waals surface area contributed by atoms with E-state index in [2.05, 4.69) is 10.3 Å². The molecule has 1 amide bonds. The van der Waals surface area contributed by atoms with Crippen LogP contribution in [0.2, 0.25) is 5.02 Å². The van der Waals surface area contributed by atoms with Crippen LogP contribution in [0, 0.1) is 6.92 Å². The Balaban J connectivity index is 1.76. The zero-order valence-electron chi connectivity index (χ0n) is 13.7. The second kappa shape index (κ2) is 7.29. The van der Waals surface area contributed by atoms with Gasteiger partial charge in [0.05, 0.1) is 16.8 Å². The smallest absolute Gasteiger partial charge is 0.234 e. The van der Waals surface area contributed by atoms with E-state index in [-0.39, 0.29) is 17.6 Å². The van der Waals surface area contributed by atoms with E-state index in [9.17, 15) is 9.59 Å². The Labute approximate surface area is 154 Å². The number of amides is 1. The first-order valence-electron chi connectivity index (χ1n) is 7.63. The van der Waals surface area contributed by atoms with Crippen molar-refractivity contribution >= 4 is 51.9 Å². The van der Waals surface area contributed by atoms with Crippen LogP contribution >= 0.6 is 23.4 Å². The Morgan fingerprint density at radius 3 is 2.76 bits per heavy atom. The normalized spacial score (nSPS) is 10.8. The van der Waals surface area contributed by atoms with Crippen LogP contribution in [0.4, 0.5) is 5.69 Å². The van der Waals surface area contributed by atoms with Crippen molar-refractivity contribution in [3.8, 4) is 0 Å². The van der Waals surface area contributed by atoms with Crippen LogP contribution in [-0.4, -0.2) is 27.1 Å². The lowest BCUT2D eigenvalue weighted by atomic mass is 10.2. The fourth-order valence-corrected chi connectivity index (χ4v) is 3.47. The molecule has 7 heteroatoms. The highest BCUT2D eigenvalue weighted by atomic mass is 35.5. The predicted octanol–water partition coefficient (Wildman–Crippen LogP) is 4.39. The molecular formula is C18H16ClN3O2S. The fourth-order valence-electron chi connectivity index (χ4n) is 2.45. The molecule has 0 unspecified atom stereocenters. The Morgan fingerprint density at radius 1 is 1.24 bits per heavy atom. The molecular weight excluding hydrogens is 358 g/mol. The van der Waals surface area contributed by atoms with Crippen molar-refractivity contribution in [2.45, 2.75) is 19.0 Å². The average molecular weight is 374 g/mol. The molecule has 0 aliphatic rings. The van der Waals surface area contributed by atoms with Gasteiger partial charge in [-0.25, -0.2) is 4.98 Å². The molecule has 0 saturated carbocycles. The van der Waals surface area contributed by atoms with E-state index in [0.717, 1.165) is 16.6 Å². The quantitative estimate of drug-likeness (QED) is 0.689. The van der Waals surface area contributed by atoms with Gasteiger partial charge in [-0.05, 0) is 36.8 Å². The number of benzene rings is 2. The van der Waals surface area contributed by atoms with E-state index in [1.807, 2.05) is 37.3 Å². The van der Waals surface area contributed by atoms with Gasteiger partial charge in [0, 0.05) is 17.6 Å². The van der Waals surface area contributed by atoms with Crippen LogP contribution < -0.4 is 5.32 Å². The van der Waals surface area contributed by atoms with Gasteiger partial charge in [-0.3, -0.25) is 14.2 Å². The van der Waals surface area contributed by atoms with E-state index in [1.54, 1.807) is 12.1 Å². The zero-order valence-corrected chi connectivity index (χ0v) is 15.3. The van der Waals surface area contributed by atoms with Gasteiger partial charge in [-0.15, -0.1) is 0 Å². The third kappa shape index (κ3) is 3.86. The number of rotatable bonds is 4. The highest BCUT2D eigenvalue weighted by Crippen LogP contribution is 2.25. The molecule has 0 fully saturated rings. The minimum absolute atomic E-state index is 0.137. The molecule has 5 nitrogen and oxygen atoms in total. The molecule has 0 aliphatic heterocycles. The Hall–Kier alpha value is -2.31. The number of nitrogens with zero attached hydrogens (tertiary/aromatic N) is 2. The number of aromatic nitrogens is 2. The van der Waals surface area contributed by atoms with Gasteiger partial charge in [-0.2, -0.15) is 0 Å². The van der Waals surface area contributed by atoms with E-state index in [0.29, 0.717) is 15.9 Å². The number of halogens is 1. The predicted molar refractivity (Wildman–Crippen MR) is 102 cm³/mol. The molecule has 128 valence electrons. The van der Waals surface area contributed by atoms with Crippen LogP contribution in [0.5, 0.6) is 0 Å². The topological polar surface area (TPSA) is 64.0 Å². The lowest BCUT2D eigenvalue weighted by Crippen LogP contribution is -2.16. The number of carbonyl (C=O) groups is 2. The van der Waals surface area contributed by atoms with Crippen molar-refractivity contribution in [2.75, 3.05) is 11.1 Å². The van der Waals surface area contributed by atoms with Crippen molar-refractivity contribution in [2.24, 2.45) is 0 Å². The van der Waals surface area contributed by atoms with Gasteiger partial charge in [0.2, 0.25) is 11.8 Å². The number of imidazole rings is 1. The summed E-state index contributed by atoms with van der Waals surface area (Å²) >= 11 is 7.19. The van der Waals surface area contributed by atoms with Gasteiger partial charge < -0.3 is 5.32 Å². The van der Waals surface area contributed by atoms with E-state index in [1.165, 1.54) is 23.3 Å². The first-order chi connectivity index (χ1) is 12.0. The Bertz CT molecular complexity index is 968. The fraction of sp³-hybridized carbons (Fsp3) is 0.167. The van der Waals surface area contributed by atoms with Crippen molar-refractivity contribution in [3.63, 3.8) is 0 Å². The SMILES string of the molecule is CC(=O)n1c(SCC(=O)Nc2cc(Cl)ccc2C)nc2ccccc21. The summed E-state index contributed by atoms with van der Waals surface area (Å²) < 4.78 is 1.53. The maximum Gasteiger partial charge on any atom is 0.234 e. The summed E-state index contributed by atoms with van der Waals surface area (Å²) in [5.74, 6) is -0.178. The maximum atomic E-state index is 12.2. The maximum absolute atomic E-state index is 12.2. The van der Waals surface area contributed by atoms with Crippen LogP contribution in [0.25, 0.3) is 11.0 Å². The van der Waals surface area contributed by atoms with E-state index >= 15 is 0 Å². The van der Waals surface area contributed by atoms with Crippen LogP contribution in [0.3, 0.4) is 0 Å². The van der Waals surface area contributed by atoms with Gasteiger partial charge in [0.25, 0.3) is 0 Å². The number of nitrogens with one attached hydrogen (secondary N) is 1. The second-order valence-electron chi connectivity index (χ2n) is 5.53. The van der Waals surface area contributed by atoms with Gasteiger partial charge in [-0.1, -0.05) is 41.6 Å². The molecule has 1 heterocycles. The van der Waals surface area contributed by atoms with Crippen LogP contribution in [0.15, 0.2) is 47.6 Å². The zero-order chi connectivity index (χ0) is 18.0. The minimum Gasteiger partial charge on any atom is -0.325 e. The minimum atomic E-state index is -0.183. The largest absolute Gasteiger partial charge is 0.325 e. The standard InChI is InChI=1S/C18H16ClN3O2S/c1-11-7-8-13(19)9-15(11)20-17(24)10-25-18-21-14-5-3-4-6-16(14)22(18)12(2)23/h3-9H,10H2,1-2H3,(H,20,24). The summed E-state index contributed by atoms with van der Waals surface area (Å²) in [7, 11) is 0. The molecule has 0 bridgehead atoms. The molecule has 0 radical (unpaired) electrons. The van der Waals surface area contributed by atoms with Crippen LogP contribution in [0.1, 0.15) is 17.3 Å². The second-order valence-corrected chi connectivity index (χ2v) is 6.91. The first kappa shape index (κ1) is 17.5. The third-order valence-corrected chi connectivity index (χ3v) is 4.82. The van der Waals surface area contributed by atoms with Crippen molar-refractivity contribution < 1.29 is 9.59 Å². The molecule has 0 spiro atoms. The molecule has 2 aromatic carbocycles. The number of aryl methyl sites for hydroxylation is 1. The monoisotopic (exact) mass is 373 g/mol. The number of hydrogen-bond acceptors (Lipinski definition) is 4. The van der Waals surface area contributed by atoms with E-state index in [4.69, 9.17) is 11.6 Å². The number of carbonyl (C=O) groups excluding carboxylic acids is 2. The summed E-state index contributed by atoms with van der Waals surface area (Å²) in [6, 6.07) is 12.7. The lowest BCUT2D eigenvalue weighted by Gasteiger charge is -2.09. The number of anilines is 1. The lowest BCUT2D eigenvalue weighted by molar-refractivity contribution is -0.113. The van der Waals surface area contributed by atoms with Gasteiger partial charge in [0.1, 0.15) is 0 Å². The number of para-hydroxylation sites is 2. The van der Waals surface area contributed by atoms with Crippen molar-refractivity contribution in [1.82, 2.24) is 9.55 Å². The molecule has 0 saturated heterocycles. The number of thioether (sulfide) groups is 1. The first-order valence-corrected chi connectivity index (χ1v) is 8.99. The average Bonchev–Trinajstić information content (AvgIpc) is 2.95. The molecule has 1 aromatic heterocycles. The number of hydrogen-bond donors (Lipinski definition) is 1. The molecule has 0 aliphatic carbocycles.